The van der Waals surface area contributed by atoms with Gasteiger partial charge in [0.15, 0.2) is 0 Å². The lowest BCUT2D eigenvalue weighted by atomic mass is 9.81. The summed E-state index contributed by atoms with van der Waals surface area (Å²) in [5.74, 6) is -0.184. The van der Waals surface area contributed by atoms with Gasteiger partial charge in [-0.2, -0.15) is 0 Å². The van der Waals surface area contributed by atoms with Crippen LogP contribution in [0, 0.1) is 5.41 Å². The summed E-state index contributed by atoms with van der Waals surface area (Å²) in [7, 11) is -3.47. The van der Waals surface area contributed by atoms with E-state index in [4.69, 9.17) is 28.9 Å². The first-order valence-electron chi connectivity index (χ1n) is 6.80. The van der Waals surface area contributed by atoms with Crippen LogP contribution in [-0.2, 0) is 15.8 Å². The Hall–Kier alpha value is -0.330. The van der Waals surface area contributed by atoms with E-state index in [-0.39, 0.29) is 17.2 Å². The maximum Gasteiger partial charge on any atom is 0.218 e. The smallest absolute Gasteiger partial charge is 0.218 e. The molecule has 1 atom stereocenters. The number of nitrogens with two attached hydrogens (primary N) is 1. The molecule has 1 fully saturated rings. The Morgan fingerprint density at radius 1 is 1.33 bits per heavy atom. The number of sulfonamides is 1. The molecule has 0 spiro atoms. The van der Waals surface area contributed by atoms with Gasteiger partial charge in [0, 0.05) is 34.7 Å². The molecule has 1 aliphatic rings. The number of hydrogen-bond donors (Lipinski definition) is 1. The van der Waals surface area contributed by atoms with Crippen molar-refractivity contribution >= 4 is 33.2 Å². The van der Waals surface area contributed by atoms with Crippen LogP contribution >= 0.6 is 23.2 Å². The van der Waals surface area contributed by atoms with Crippen molar-refractivity contribution in [2.45, 2.75) is 32.1 Å². The lowest BCUT2D eigenvalue weighted by molar-refractivity contribution is 0.155. The topological polar surface area (TPSA) is 63.4 Å². The molecule has 21 heavy (non-hydrogen) atoms. The highest BCUT2D eigenvalue weighted by Crippen LogP contribution is 2.32. The van der Waals surface area contributed by atoms with Crippen LogP contribution in [0.2, 0.25) is 10.0 Å². The SMILES string of the molecule is CC1(C)CN(S(=O)(=O)Cc2c(Cl)cccc2Cl)CCC1N. The fourth-order valence-electron chi connectivity index (χ4n) is 2.51. The Bertz CT molecular complexity index is 612. The summed E-state index contributed by atoms with van der Waals surface area (Å²) in [6.07, 6.45) is 0.655. The molecule has 1 aromatic rings. The zero-order valence-electron chi connectivity index (χ0n) is 12.1. The van der Waals surface area contributed by atoms with Gasteiger partial charge in [-0.25, -0.2) is 12.7 Å². The third-order valence-electron chi connectivity index (χ3n) is 4.06. The van der Waals surface area contributed by atoms with Crippen molar-refractivity contribution in [2.75, 3.05) is 13.1 Å². The Labute approximate surface area is 136 Å². The number of halogens is 2. The predicted molar refractivity (Wildman–Crippen MR) is 87.0 cm³/mol. The zero-order chi connectivity index (χ0) is 15.8. The summed E-state index contributed by atoms with van der Waals surface area (Å²) in [6.45, 7) is 4.83. The van der Waals surface area contributed by atoms with Gasteiger partial charge in [-0.05, 0) is 24.0 Å². The summed E-state index contributed by atoms with van der Waals surface area (Å²) in [5.41, 5.74) is 6.27. The van der Waals surface area contributed by atoms with E-state index in [1.54, 1.807) is 18.2 Å². The molecule has 2 N–H and O–H groups in total. The first kappa shape index (κ1) is 17.0. The highest BCUT2D eigenvalue weighted by molar-refractivity contribution is 7.88. The van der Waals surface area contributed by atoms with Crippen LogP contribution in [0.3, 0.4) is 0 Å². The van der Waals surface area contributed by atoms with Crippen LogP contribution in [-0.4, -0.2) is 31.9 Å². The maximum absolute atomic E-state index is 12.6. The van der Waals surface area contributed by atoms with E-state index in [2.05, 4.69) is 0 Å². The lowest BCUT2D eigenvalue weighted by Gasteiger charge is -2.41. The first-order chi connectivity index (χ1) is 9.63. The largest absolute Gasteiger partial charge is 0.327 e. The molecule has 1 heterocycles. The summed E-state index contributed by atoms with van der Waals surface area (Å²) in [4.78, 5) is 0. The quantitative estimate of drug-likeness (QED) is 0.911. The summed E-state index contributed by atoms with van der Waals surface area (Å²) in [5, 5.41) is 0.748. The number of piperidine rings is 1. The van der Waals surface area contributed by atoms with Gasteiger partial charge in [0.05, 0.1) is 5.75 Å². The Morgan fingerprint density at radius 3 is 2.43 bits per heavy atom. The molecular weight excluding hydrogens is 331 g/mol. The fourth-order valence-corrected chi connectivity index (χ4v) is 4.97. The standard InChI is InChI=1S/C14H20Cl2N2O2S/c1-14(2)9-18(7-6-13(14)17)21(19,20)8-10-11(15)4-3-5-12(10)16/h3-5,13H,6-9,17H2,1-2H3. The van der Waals surface area contributed by atoms with Crippen LogP contribution in [0.1, 0.15) is 25.8 Å². The van der Waals surface area contributed by atoms with Crippen molar-refractivity contribution in [1.82, 2.24) is 4.31 Å². The number of hydrogen-bond acceptors (Lipinski definition) is 3. The van der Waals surface area contributed by atoms with Crippen LogP contribution in [0.15, 0.2) is 18.2 Å². The molecule has 2 rings (SSSR count). The minimum Gasteiger partial charge on any atom is -0.327 e. The van der Waals surface area contributed by atoms with Gasteiger partial charge in [-0.15, -0.1) is 0 Å². The summed E-state index contributed by atoms with van der Waals surface area (Å²) >= 11 is 12.1. The zero-order valence-corrected chi connectivity index (χ0v) is 14.5. The first-order valence-corrected chi connectivity index (χ1v) is 9.16. The molecule has 4 nitrogen and oxygen atoms in total. The fraction of sp³-hybridized carbons (Fsp3) is 0.571. The van der Waals surface area contributed by atoms with Crippen molar-refractivity contribution in [1.29, 1.82) is 0 Å². The van der Waals surface area contributed by atoms with Crippen molar-refractivity contribution in [3.63, 3.8) is 0 Å². The van der Waals surface area contributed by atoms with Crippen molar-refractivity contribution in [3.8, 4) is 0 Å². The average Bonchev–Trinajstić information content (AvgIpc) is 2.37. The maximum atomic E-state index is 12.6. The van der Waals surface area contributed by atoms with Crippen LogP contribution in [0.25, 0.3) is 0 Å². The monoisotopic (exact) mass is 350 g/mol. The number of nitrogens with zero attached hydrogens (tertiary/aromatic N) is 1. The minimum absolute atomic E-state index is 0.00727. The van der Waals surface area contributed by atoms with Gasteiger partial charge >= 0.3 is 0 Å². The molecular formula is C14H20Cl2N2O2S. The Balaban J connectivity index is 2.23. The van der Waals surface area contributed by atoms with E-state index in [1.165, 1.54) is 4.31 Å². The van der Waals surface area contributed by atoms with Crippen LogP contribution < -0.4 is 5.73 Å². The molecule has 118 valence electrons. The van der Waals surface area contributed by atoms with E-state index in [0.717, 1.165) is 0 Å². The third kappa shape index (κ3) is 3.71. The highest BCUT2D eigenvalue weighted by atomic mass is 35.5. The van der Waals surface area contributed by atoms with Crippen LogP contribution in [0.5, 0.6) is 0 Å². The molecule has 1 aromatic carbocycles. The lowest BCUT2D eigenvalue weighted by Crippen LogP contribution is -2.54. The Morgan fingerprint density at radius 2 is 1.90 bits per heavy atom. The van der Waals surface area contributed by atoms with E-state index in [1.807, 2.05) is 13.8 Å². The molecule has 0 radical (unpaired) electrons. The molecule has 0 amide bonds. The van der Waals surface area contributed by atoms with E-state index in [9.17, 15) is 8.42 Å². The molecule has 7 heteroatoms. The van der Waals surface area contributed by atoms with Gasteiger partial charge in [0.2, 0.25) is 10.0 Å². The van der Waals surface area contributed by atoms with Gasteiger partial charge in [0.1, 0.15) is 0 Å². The highest BCUT2D eigenvalue weighted by Gasteiger charge is 2.38. The third-order valence-corrected chi connectivity index (χ3v) is 6.52. The van der Waals surface area contributed by atoms with Gasteiger partial charge < -0.3 is 5.73 Å². The average molecular weight is 351 g/mol. The minimum atomic E-state index is -3.47. The van der Waals surface area contributed by atoms with Crippen molar-refractivity contribution < 1.29 is 8.42 Å². The van der Waals surface area contributed by atoms with Crippen molar-refractivity contribution in [3.05, 3.63) is 33.8 Å². The second-order valence-electron chi connectivity index (χ2n) is 6.17. The van der Waals surface area contributed by atoms with Crippen molar-refractivity contribution in [2.24, 2.45) is 11.1 Å². The summed E-state index contributed by atoms with van der Waals surface area (Å²) < 4.78 is 26.7. The molecule has 1 aliphatic heterocycles. The second-order valence-corrected chi connectivity index (χ2v) is 8.96. The molecule has 1 saturated heterocycles. The molecule has 0 aliphatic carbocycles. The van der Waals surface area contributed by atoms with Gasteiger partial charge in [0.25, 0.3) is 0 Å². The molecule has 0 bridgehead atoms. The van der Waals surface area contributed by atoms with E-state index in [0.29, 0.717) is 35.1 Å². The van der Waals surface area contributed by atoms with Gasteiger partial charge in [-0.1, -0.05) is 43.1 Å². The second kappa shape index (κ2) is 6.05. The predicted octanol–water partition coefficient (Wildman–Crippen LogP) is 2.88. The van der Waals surface area contributed by atoms with E-state index < -0.39 is 10.0 Å². The van der Waals surface area contributed by atoms with Crippen LogP contribution in [0.4, 0.5) is 0 Å². The van der Waals surface area contributed by atoms with Gasteiger partial charge in [-0.3, -0.25) is 0 Å². The molecule has 0 aromatic heterocycles. The normalized spacial score (nSPS) is 23.2. The van der Waals surface area contributed by atoms with E-state index >= 15 is 0 Å². The summed E-state index contributed by atoms with van der Waals surface area (Å²) in [6, 6.07) is 5.00. The number of benzene rings is 1. The number of rotatable bonds is 3. The molecule has 0 saturated carbocycles. The molecule has 1 unspecified atom stereocenters. The Kier molecular flexibility index (Phi) is 4.90.